The zero-order valence-corrected chi connectivity index (χ0v) is 14.8. The van der Waals surface area contributed by atoms with Crippen LogP contribution < -0.4 is 0 Å². The molecule has 0 saturated carbocycles. The van der Waals surface area contributed by atoms with Gasteiger partial charge in [-0.1, -0.05) is 31.5 Å². The summed E-state index contributed by atoms with van der Waals surface area (Å²) >= 11 is 6.19. The number of allylic oxidation sites excluding steroid dienone is 3. The SMILES string of the molecule is CCC1(CC)CN(C(=O)c2c(F)cccc2F)C2=C1C=C(Cl)C=C=C2. The fourth-order valence-electron chi connectivity index (χ4n) is 3.53. The summed E-state index contributed by atoms with van der Waals surface area (Å²) in [6, 6.07) is 3.43. The Morgan fingerprint density at radius 2 is 1.88 bits per heavy atom. The Balaban J connectivity index is 2.15. The number of benzene rings is 1. The van der Waals surface area contributed by atoms with Crippen molar-refractivity contribution in [2.75, 3.05) is 6.54 Å². The van der Waals surface area contributed by atoms with Crippen molar-refractivity contribution < 1.29 is 13.6 Å². The van der Waals surface area contributed by atoms with Gasteiger partial charge in [-0.25, -0.2) is 8.78 Å². The van der Waals surface area contributed by atoms with Crippen LogP contribution in [-0.2, 0) is 0 Å². The van der Waals surface area contributed by atoms with Gasteiger partial charge in [0.1, 0.15) is 17.2 Å². The van der Waals surface area contributed by atoms with E-state index in [-0.39, 0.29) is 5.41 Å². The molecule has 0 atom stereocenters. The van der Waals surface area contributed by atoms with Crippen LogP contribution in [0.4, 0.5) is 8.78 Å². The molecular weight excluding hydrogens is 344 g/mol. The standard InChI is InChI=1S/C20H18ClF2NO/c1-3-20(4-2)12-24(17-10-5-7-13(21)11-14(17)20)19(25)18-15(22)8-6-9-16(18)23/h6-11H,3-4,12H2,1-2H3. The van der Waals surface area contributed by atoms with Crippen LogP contribution in [0.3, 0.4) is 0 Å². The minimum absolute atomic E-state index is 0.302. The minimum Gasteiger partial charge on any atom is -0.306 e. The summed E-state index contributed by atoms with van der Waals surface area (Å²) < 4.78 is 28.2. The molecule has 2 aliphatic rings. The van der Waals surface area contributed by atoms with E-state index in [9.17, 15) is 13.6 Å². The summed E-state index contributed by atoms with van der Waals surface area (Å²) in [6.45, 7) is 4.43. The van der Waals surface area contributed by atoms with Crippen LogP contribution in [0.2, 0.25) is 0 Å². The van der Waals surface area contributed by atoms with E-state index in [0.29, 0.717) is 17.3 Å². The molecule has 1 amide bonds. The van der Waals surface area contributed by atoms with E-state index in [1.165, 1.54) is 11.0 Å². The number of halogens is 3. The molecule has 0 spiro atoms. The van der Waals surface area contributed by atoms with Crippen molar-refractivity contribution in [3.05, 3.63) is 75.7 Å². The summed E-state index contributed by atoms with van der Waals surface area (Å²) in [6.07, 6.45) is 6.65. The summed E-state index contributed by atoms with van der Waals surface area (Å²) in [7, 11) is 0. The normalized spacial score (nSPS) is 18.3. The van der Waals surface area contributed by atoms with Crippen molar-refractivity contribution in [2.45, 2.75) is 26.7 Å². The average molecular weight is 362 g/mol. The zero-order chi connectivity index (χ0) is 18.2. The van der Waals surface area contributed by atoms with Gasteiger partial charge in [0.25, 0.3) is 5.91 Å². The van der Waals surface area contributed by atoms with Crippen LogP contribution in [0, 0.1) is 17.0 Å². The average Bonchev–Trinajstić information content (AvgIpc) is 2.75. The molecule has 130 valence electrons. The molecule has 25 heavy (non-hydrogen) atoms. The second-order valence-electron chi connectivity index (χ2n) is 6.26. The highest BCUT2D eigenvalue weighted by molar-refractivity contribution is 6.31. The van der Waals surface area contributed by atoms with Gasteiger partial charge in [0, 0.05) is 23.1 Å². The number of hydrogen-bond donors (Lipinski definition) is 0. The van der Waals surface area contributed by atoms with Crippen molar-refractivity contribution in [2.24, 2.45) is 5.41 Å². The van der Waals surface area contributed by atoms with Crippen molar-refractivity contribution in [3.8, 4) is 0 Å². The Morgan fingerprint density at radius 1 is 1.24 bits per heavy atom. The van der Waals surface area contributed by atoms with E-state index >= 15 is 0 Å². The fraction of sp³-hybridized carbons (Fsp3) is 0.300. The molecule has 0 fully saturated rings. The third-order valence-electron chi connectivity index (χ3n) is 5.10. The molecule has 1 aliphatic carbocycles. The van der Waals surface area contributed by atoms with Crippen molar-refractivity contribution in [3.63, 3.8) is 0 Å². The first kappa shape index (κ1) is 17.7. The van der Waals surface area contributed by atoms with E-state index in [1.54, 1.807) is 12.2 Å². The molecule has 1 aromatic carbocycles. The van der Waals surface area contributed by atoms with Gasteiger partial charge in [-0.2, -0.15) is 0 Å². The Morgan fingerprint density at radius 3 is 2.48 bits per heavy atom. The Hall–Kier alpha value is -2.16. The van der Waals surface area contributed by atoms with Gasteiger partial charge < -0.3 is 4.90 Å². The lowest BCUT2D eigenvalue weighted by molar-refractivity contribution is 0.0780. The monoisotopic (exact) mass is 361 g/mol. The second-order valence-corrected chi connectivity index (χ2v) is 6.70. The molecule has 1 aliphatic heterocycles. The van der Waals surface area contributed by atoms with Gasteiger partial charge in [0.15, 0.2) is 0 Å². The summed E-state index contributed by atoms with van der Waals surface area (Å²) in [5.74, 6) is -2.41. The van der Waals surface area contributed by atoms with E-state index in [1.807, 2.05) is 19.9 Å². The van der Waals surface area contributed by atoms with Gasteiger partial charge in [-0.05, 0) is 42.7 Å². The predicted molar refractivity (Wildman–Crippen MR) is 94.0 cm³/mol. The van der Waals surface area contributed by atoms with Crippen LogP contribution in [0.1, 0.15) is 37.0 Å². The van der Waals surface area contributed by atoms with Gasteiger partial charge in [-0.3, -0.25) is 4.79 Å². The topological polar surface area (TPSA) is 20.3 Å². The molecule has 0 saturated heterocycles. The maximum atomic E-state index is 14.1. The molecule has 0 bridgehead atoms. The Bertz CT molecular complexity index is 838. The van der Waals surface area contributed by atoms with Gasteiger partial charge in [0.05, 0.1) is 5.70 Å². The number of amides is 1. The molecule has 3 rings (SSSR count). The smallest absolute Gasteiger partial charge is 0.264 e. The molecular formula is C20H18ClF2NO. The lowest BCUT2D eigenvalue weighted by Crippen LogP contribution is -2.34. The first-order chi connectivity index (χ1) is 11.9. The Labute approximate surface area is 150 Å². The largest absolute Gasteiger partial charge is 0.306 e. The third-order valence-corrected chi connectivity index (χ3v) is 5.32. The number of rotatable bonds is 3. The number of carbonyl (C=O) groups is 1. The number of carbonyl (C=O) groups excluding carboxylic acids is 1. The van der Waals surface area contributed by atoms with Crippen molar-refractivity contribution in [1.82, 2.24) is 4.90 Å². The van der Waals surface area contributed by atoms with E-state index < -0.39 is 23.1 Å². The molecule has 2 nitrogen and oxygen atoms in total. The van der Waals surface area contributed by atoms with Crippen LogP contribution in [0.5, 0.6) is 0 Å². The highest BCUT2D eigenvalue weighted by atomic mass is 35.5. The fourth-order valence-corrected chi connectivity index (χ4v) is 3.70. The quantitative estimate of drug-likeness (QED) is 0.666. The maximum absolute atomic E-state index is 14.1. The number of nitrogens with zero attached hydrogens (tertiary/aromatic N) is 1. The lowest BCUT2D eigenvalue weighted by Gasteiger charge is -2.29. The van der Waals surface area contributed by atoms with Crippen molar-refractivity contribution >= 4 is 17.5 Å². The minimum atomic E-state index is -0.862. The molecule has 0 unspecified atom stereocenters. The summed E-state index contributed by atoms with van der Waals surface area (Å²) in [5.41, 5.74) is 3.61. The molecule has 1 heterocycles. The summed E-state index contributed by atoms with van der Waals surface area (Å²) in [4.78, 5) is 14.4. The first-order valence-electron chi connectivity index (χ1n) is 8.24. The third kappa shape index (κ3) is 2.86. The predicted octanol–water partition coefficient (Wildman–Crippen LogP) is 5.33. The van der Waals surface area contributed by atoms with Gasteiger partial charge in [-0.15, -0.1) is 5.73 Å². The highest BCUT2D eigenvalue weighted by Crippen LogP contribution is 2.47. The molecule has 0 aromatic heterocycles. The van der Waals surface area contributed by atoms with E-state index in [4.69, 9.17) is 11.6 Å². The van der Waals surface area contributed by atoms with Crippen LogP contribution in [0.25, 0.3) is 0 Å². The van der Waals surface area contributed by atoms with Crippen LogP contribution >= 0.6 is 11.6 Å². The van der Waals surface area contributed by atoms with Crippen LogP contribution in [0.15, 0.2) is 58.5 Å². The molecule has 1 aromatic rings. The second kappa shape index (κ2) is 6.62. The van der Waals surface area contributed by atoms with Gasteiger partial charge >= 0.3 is 0 Å². The maximum Gasteiger partial charge on any atom is 0.264 e. The first-order valence-corrected chi connectivity index (χ1v) is 8.61. The molecule has 0 N–H and O–H groups in total. The highest BCUT2D eigenvalue weighted by Gasteiger charge is 2.44. The van der Waals surface area contributed by atoms with Crippen molar-refractivity contribution in [1.29, 1.82) is 0 Å². The van der Waals surface area contributed by atoms with Crippen LogP contribution in [-0.4, -0.2) is 17.4 Å². The van der Waals surface area contributed by atoms with E-state index in [0.717, 1.165) is 30.5 Å². The zero-order valence-electron chi connectivity index (χ0n) is 14.1. The molecule has 0 radical (unpaired) electrons. The van der Waals surface area contributed by atoms with E-state index in [2.05, 4.69) is 5.73 Å². The Kier molecular flexibility index (Phi) is 4.68. The lowest BCUT2D eigenvalue weighted by atomic mass is 9.76. The molecule has 5 heteroatoms. The number of hydrogen-bond acceptors (Lipinski definition) is 1. The van der Waals surface area contributed by atoms with Gasteiger partial charge in [0.2, 0.25) is 0 Å². The summed E-state index contributed by atoms with van der Waals surface area (Å²) in [5, 5.41) is 0.513.